The molecular formula is C17H17N3OS2. The van der Waals surface area contributed by atoms with Gasteiger partial charge in [-0.15, -0.1) is 11.3 Å². The van der Waals surface area contributed by atoms with Gasteiger partial charge in [0.2, 0.25) is 0 Å². The first-order valence-electron chi connectivity index (χ1n) is 7.33. The number of thiazole rings is 1. The molecule has 3 aromatic rings. The molecule has 0 atom stereocenters. The largest absolute Gasteiger partial charge is 0.337 e. The summed E-state index contributed by atoms with van der Waals surface area (Å²) in [5.41, 5.74) is 3.46. The molecule has 23 heavy (non-hydrogen) atoms. The zero-order valence-electron chi connectivity index (χ0n) is 12.7. The Labute approximate surface area is 143 Å². The van der Waals surface area contributed by atoms with Gasteiger partial charge in [0.05, 0.1) is 10.2 Å². The molecule has 0 unspecified atom stereocenters. The number of nitrogens with one attached hydrogen (secondary N) is 2. The Morgan fingerprint density at radius 2 is 1.96 bits per heavy atom. The van der Waals surface area contributed by atoms with Crippen LogP contribution in [0.4, 0.5) is 4.79 Å². The van der Waals surface area contributed by atoms with Gasteiger partial charge in [-0.2, -0.15) is 0 Å². The Bertz CT molecular complexity index is 783. The lowest BCUT2D eigenvalue weighted by molar-refractivity contribution is 0.246. The van der Waals surface area contributed by atoms with Crippen LogP contribution in [-0.2, 0) is 6.42 Å². The van der Waals surface area contributed by atoms with E-state index in [4.69, 9.17) is 0 Å². The van der Waals surface area contributed by atoms with Gasteiger partial charge in [0.25, 0.3) is 0 Å². The number of fused-ring (bicyclic) bond motifs is 1. The number of nitrogens with zero attached hydrogens (tertiary/aromatic N) is 1. The fraction of sp³-hybridized carbons (Fsp3) is 0.176. The summed E-state index contributed by atoms with van der Waals surface area (Å²) >= 11 is 2.82. The number of para-hydroxylation sites is 1. The standard InChI is InChI=1S/C17H17N3OS2/c1-12-6-2-3-7-13(12)10-11-18-16(21)20-23-17-19-14-8-4-5-9-15(14)22-17/h2-9H,10-11H2,1H3,(H2,18,20,21). The van der Waals surface area contributed by atoms with Crippen LogP contribution in [0.2, 0.25) is 0 Å². The maximum atomic E-state index is 11.8. The van der Waals surface area contributed by atoms with Gasteiger partial charge < -0.3 is 5.32 Å². The van der Waals surface area contributed by atoms with Crippen molar-refractivity contribution in [2.45, 2.75) is 17.7 Å². The third-order valence-electron chi connectivity index (χ3n) is 3.45. The van der Waals surface area contributed by atoms with Crippen LogP contribution >= 0.6 is 23.3 Å². The molecule has 0 saturated carbocycles. The number of carbonyl (C=O) groups is 1. The van der Waals surface area contributed by atoms with Gasteiger partial charge in [0.1, 0.15) is 0 Å². The second-order valence-corrected chi connectivity index (χ2v) is 7.17. The molecule has 3 rings (SSSR count). The molecule has 1 aromatic heterocycles. The highest BCUT2D eigenvalue weighted by molar-refractivity contribution is 7.99. The number of aryl methyl sites for hydroxylation is 1. The van der Waals surface area contributed by atoms with E-state index in [9.17, 15) is 4.79 Å². The minimum absolute atomic E-state index is 0.192. The fourth-order valence-corrected chi connectivity index (χ4v) is 3.88. The molecule has 2 N–H and O–H groups in total. The van der Waals surface area contributed by atoms with Crippen LogP contribution in [0.25, 0.3) is 10.2 Å². The summed E-state index contributed by atoms with van der Waals surface area (Å²) in [6.07, 6.45) is 0.825. The van der Waals surface area contributed by atoms with E-state index in [1.807, 2.05) is 36.4 Å². The Hall–Kier alpha value is -2.05. The summed E-state index contributed by atoms with van der Waals surface area (Å²) in [5, 5.41) is 2.87. The molecule has 2 amide bonds. The highest BCUT2D eigenvalue weighted by Crippen LogP contribution is 2.27. The maximum absolute atomic E-state index is 11.8. The summed E-state index contributed by atoms with van der Waals surface area (Å²) in [7, 11) is 0. The molecule has 0 radical (unpaired) electrons. The summed E-state index contributed by atoms with van der Waals surface area (Å²) in [4.78, 5) is 16.3. The van der Waals surface area contributed by atoms with Crippen molar-refractivity contribution in [2.75, 3.05) is 6.54 Å². The van der Waals surface area contributed by atoms with Crippen molar-refractivity contribution in [3.05, 3.63) is 59.7 Å². The first-order chi connectivity index (χ1) is 11.2. The van der Waals surface area contributed by atoms with Crippen LogP contribution in [0.1, 0.15) is 11.1 Å². The predicted molar refractivity (Wildman–Crippen MR) is 96.9 cm³/mol. The number of hydrogen-bond acceptors (Lipinski definition) is 4. The molecule has 0 spiro atoms. The van der Waals surface area contributed by atoms with Gasteiger partial charge in [0, 0.05) is 18.5 Å². The molecule has 1 heterocycles. The van der Waals surface area contributed by atoms with E-state index in [1.54, 1.807) is 11.3 Å². The van der Waals surface area contributed by atoms with Crippen LogP contribution in [0.5, 0.6) is 0 Å². The zero-order valence-corrected chi connectivity index (χ0v) is 14.3. The van der Waals surface area contributed by atoms with Crippen LogP contribution < -0.4 is 10.0 Å². The average molecular weight is 343 g/mol. The number of amides is 2. The lowest BCUT2D eigenvalue weighted by atomic mass is 10.1. The summed E-state index contributed by atoms with van der Waals surface area (Å²) in [5.74, 6) is 0. The van der Waals surface area contributed by atoms with Gasteiger partial charge in [0.15, 0.2) is 4.34 Å². The number of rotatable bonds is 5. The molecule has 2 aromatic carbocycles. The topological polar surface area (TPSA) is 54.0 Å². The Morgan fingerprint density at radius 1 is 1.17 bits per heavy atom. The number of aromatic nitrogens is 1. The SMILES string of the molecule is Cc1ccccc1CCNC(=O)NSc1nc2ccccc2s1. The van der Waals surface area contributed by atoms with Crippen molar-refractivity contribution in [1.82, 2.24) is 15.0 Å². The molecule has 0 saturated heterocycles. The second-order valence-electron chi connectivity index (χ2n) is 5.08. The van der Waals surface area contributed by atoms with Crippen LogP contribution in [0, 0.1) is 6.92 Å². The minimum Gasteiger partial charge on any atom is -0.337 e. The molecule has 6 heteroatoms. The molecule has 4 nitrogen and oxygen atoms in total. The van der Waals surface area contributed by atoms with Crippen molar-refractivity contribution in [3.63, 3.8) is 0 Å². The lowest BCUT2D eigenvalue weighted by Gasteiger charge is -2.07. The van der Waals surface area contributed by atoms with Gasteiger partial charge in [-0.1, -0.05) is 36.4 Å². The summed E-state index contributed by atoms with van der Waals surface area (Å²) < 4.78 is 4.73. The Kier molecular flexibility index (Phi) is 5.15. The number of hydrogen-bond donors (Lipinski definition) is 2. The summed E-state index contributed by atoms with van der Waals surface area (Å²) in [6, 6.07) is 16.0. The number of carbonyl (C=O) groups excluding carboxylic acids is 1. The first-order valence-corrected chi connectivity index (χ1v) is 8.96. The van der Waals surface area contributed by atoms with Crippen molar-refractivity contribution < 1.29 is 4.79 Å². The quantitative estimate of drug-likeness (QED) is 0.684. The van der Waals surface area contributed by atoms with Gasteiger partial charge in [-0.3, -0.25) is 4.72 Å². The van der Waals surface area contributed by atoms with Crippen molar-refractivity contribution in [3.8, 4) is 0 Å². The van der Waals surface area contributed by atoms with Crippen LogP contribution in [0.3, 0.4) is 0 Å². The average Bonchev–Trinajstić information content (AvgIpc) is 2.98. The normalized spacial score (nSPS) is 10.7. The predicted octanol–water partition coefficient (Wildman–Crippen LogP) is 4.15. The maximum Gasteiger partial charge on any atom is 0.325 e. The molecular weight excluding hydrogens is 326 g/mol. The van der Waals surface area contributed by atoms with E-state index in [0.29, 0.717) is 6.54 Å². The van der Waals surface area contributed by atoms with Crippen LogP contribution in [0.15, 0.2) is 52.9 Å². The van der Waals surface area contributed by atoms with Gasteiger partial charge >= 0.3 is 6.03 Å². The Balaban J connectivity index is 1.45. The van der Waals surface area contributed by atoms with E-state index in [-0.39, 0.29) is 6.03 Å². The Morgan fingerprint density at radius 3 is 2.78 bits per heavy atom. The minimum atomic E-state index is -0.192. The van der Waals surface area contributed by atoms with Gasteiger partial charge in [-0.25, -0.2) is 9.78 Å². The molecule has 0 aliphatic rings. The monoisotopic (exact) mass is 343 g/mol. The molecule has 0 fully saturated rings. The van der Waals surface area contributed by atoms with E-state index in [0.717, 1.165) is 21.0 Å². The van der Waals surface area contributed by atoms with Crippen molar-refractivity contribution in [1.29, 1.82) is 0 Å². The zero-order chi connectivity index (χ0) is 16.1. The summed E-state index contributed by atoms with van der Waals surface area (Å²) in [6.45, 7) is 2.69. The number of urea groups is 1. The highest BCUT2D eigenvalue weighted by Gasteiger charge is 2.06. The third kappa shape index (κ3) is 4.24. The van der Waals surface area contributed by atoms with Crippen molar-refractivity contribution >= 4 is 39.5 Å². The number of benzene rings is 2. The van der Waals surface area contributed by atoms with E-state index in [1.165, 1.54) is 23.1 Å². The van der Waals surface area contributed by atoms with Gasteiger partial charge in [-0.05, 0) is 36.6 Å². The van der Waals surface area contributed by atoms with E-state index < -0.39 is 0 Å². The molecule has 0 aliphatic heterocycles. The molecule has 0 aliphatic carbocycles. The first kappa shape index (κ1) is 15.8. The smallest absolute Gasteiger partial charge is 0.325 e. The molecule has 118 valence electrons. The lowest BCUT2D eigenvalue weighted by Crippen LogP contribution is -2.32. The van der Waals surface area contributed by atoms with E-state index >= 15 is 0 Å². The van der Waals surface area contributed by atoms with Crippen molar-refractivity contribution in [2.24, 2.45) is 0 Å². The van der Waals surface area contributed by atoms with Crippen LogP contribution in [-0.4, -0.2) is 17.6 Å². The molecule has 0 bridgehead atoms. The fourth-order valence-electron chi connectivity index (χ4n) is 2.22. The second kappa shape index (κ2) is 7.48. The third-order valence-corrected chi connectivity index (χ3v) is 5.33. The van der Waals surface area contributed by atoms with E-state index in [2.05, 4.69) is 34.1 Å². The highest BCUT2D eigenvalue weighted by atomic mass is 32.2.